The van der Waals surface area contributed by atoms with Crippen LogP contribution >= 0.6 is 11.8 Å². The number of aryl methyl sites for hydroxylation is 1. The van der Waals surface area contributed by atoms with Crippen LogP contribution in [0, 0.1) is 0 Å². The monoisotopic (exact) mass is 292 g/mol. The minimum Gasteiger partial charge on any atom is -0.326 e. The molecule has 1 aliphatic rings. The number of carbonyl (C=O) groups is 1. The summed E-state index contributed by atoms with van der Waals surface area (Å²) in [7, 11) is 0. The quantitative estimate of drug-likeness (QED) is 0.784. The van der Waals surface area contributed by atoms with E-state index in [1.165, 1.54) is 5.56 Å². The third kappa shape index (κ3) is 4.00. The van der Waals surface area contributed by atoms with Crippen LogP contribution in [0.5, 0.6) is 0 Å². The van der Waals surface area contributed by atoms with Gasteiger partial charge in [-0.15, -0.1) is 0 Å². The van der Waals surface area contributed by atoms with E-state index in [-0.39, 0.29) is 18.1 Å². The van der Waals surface area contributed by atoms with Gasteiger partial charge in [-0.1, -0.05) is 30.3 Å². The van der Waals surface area contributed by atoms with Gasteiger partial charge in [-0.05, 0) is 43.8 Å². The summed E-state index contributed by atoms with van der Waals surface area (Å²) in [4.78, 5) is 14.4. The Balaban J connectivity index is 1.83. The van der Waals surface area contributed by atoms with E-state index in [1.807, 2.05) is 22.7 Å². The first-order valence-electron chi connectivity index (χ1n) is 7.31. The van der Waals surface area contributed by atoms with Crippen LogP contribution in [0.4, 0.5) is 0 Å². The summed E-state index contributed by atoms with van der Waals surface area (Å²) < 4.78 is 0. The molecule has 1 saturated heterocycles. The molecule has 0 aliphatic carbocycles. The molecule has 0 radical (unpaired) electrons. The standard InChI is InChI=1S/C16H24N2OS/c1-13-17-15(10-9-14-7-4-3-5-8-14)16(19)18(13)11-6-12-20-2/h3-5,7-8,13,15,17H,6,9-12H2,1-2H3. The summed E-state index contributed by atoms with van der Waals surface area (Å²) in [5, 5.41) is 3.42. The molecule has 110 valence electrons. The Morgan fingerprint density at radius 3 is 2.75 bits per heavy atom. The van der Waals surface area contributed by atoms with Crippen molar-refractivity contribution in [2.24, 2.45) is 0 Å². The van der Waals surface area contributed by atoms with E-state index in [2.05, 4.69) is 42.8 Å². The van der Waals surface area contributed by atoms with Gasteiger partial charge in [0.2, 0.25) is 5.91 Å². The van der Waals surface area contributed by atoms with Crippen LogP contribution < -0.4 is 5.32 Å². The minimum atomic E-state index is -0.0144. The number of thioether (sulfide) groups is 1. The van der Waals surface area contributed by atoms with E-state index in [9.17, 15) is 4.79 Å². The summed E-state index contributed by atoms with van der Waals surface area (Å²) in [5.41, 5.74) is 1.30. The molecule has 1 fully saturated rings. The first kappa shape index (κ1) is 15.4. The number of rotatable bonds is 7. The molecule has 1 aromatic rings. The average molecular weight is 292 g/mol. The third-order valence-corrected chi connectivity index (χ3v) is 4.50. The number of hydrogen-bond donors (Lipinski definition) is 1. The molecule has 2 unspecified atom stereocenters. The summed E-state index contributed by atoms with van der Waals surface area (Å²) >= 11 is 1.84. The Labute approximate surface area is 126 Å². The second kappa shape index (κ2) is 7.70. The van der Waals surface area contributed by atoms with E-state index < -0.39 is 0 Å². The number of hydrogen-bond acceptors (Lipinski definition) is 3. The van der Waals surface area contributed by atoms with Crippen LogP contribution in [0.15, 0.2) is 30.3 Å². The molecule has 3 nitrogen and oxygen atoms in total. The van der Waals surface area contributed by atoms with Gasteiger partial charge in [0.05, 0.1) is 12.2 Å². The van der Waals surface area contributed by atoms with E-state index in [0.29, 0.717) is 0 Å². The second-order valence-electron chi connectivity index (χ2n) is 5.30. The van der Waals surface area contributed by atoms with E-state index in [0.717, 1.165) is 31.6 Å². The van der Waals surface area contributed by atoms with Gasteiger partial charge in [-0.3, -0.25) is 10.1 Å². The fourth-order valence-corrected chi connectivity index (χ4v) is 3.11. The van der Waals surface area contributed by atoms with Crippen molar-refractivity contribution in [2.75, 3.05) is 18.6 Å². The normalized spacial score (nSPS) is 22.5. The number of carbonyl (C=O) groups excluding carboxylic acids is 1. The highest BCUT2D eigenvalue weighted by Gasteiger charge is 2.35. The Morgan fingerprint density at radius 1 is 1.30 bits per heavy atom. The zero-order chi connectivity index (χ0) is 14.4. The maximum absolute atomic E-state index is 12.4. The van der Waals surface area contributed by atoms with Crippen molar-refractivity contribution in [3.8, 4) is 0 Å². The fourth-order valence-electron chi connectivity index (χ4n) is 2.69. The molecule has 2 atom stereocenters. The Hall–Kier alpha value is -1.00. The first-order valence-corrected chi connectivity index (χ1v) is 8.71. The number of nitrogens with zero attached hydrogens (tertiary/aromatic N) is 1. The molecule has 1 aromatic carbocycles. The summed E-state index contributed by atoms with van der Waals surface area (Å²) in [5.74, 6) is 1.39. The molecule has 1 heterocycles. The molecule has 1 aliphatic heterocycles. The Morgan fingerprint density at radius 2 is 2.05 bits per heavy atom. The highest BCUT2D eigenvalue weighted by molar-refractivity contribution is 7.98. The number of amides is 1. The number of nitrogens with one attached hydrogen (secondary N) is 1. The molecule has 0 bridgehead atoms. The van der Waals surface area contributed by atoms with Crippen molar-refractivity contribution < 1.29 is 4.79 Å². The molecule has 2 rings (SSSR count). The van der Waals surface area contributed by atoms with Crippen molar-refractivity contribution in [2.45, 2.75) is 38.4 Å². The van der Waals surface area contributed by atoms with E-state index >= 15 is 0 Å². The molecule has 20 heavy (non-hydrogen) atoms. The van der Waals surface area contributed by atoms with Gasteiger partial charge in [-0.25, -0.2) is 0 Å². The third-order valence-electron chi connectivity index (χ3n) is 3.80. The predicted molar refractivity (Wildman–Crippen MR) is 85.9 cm³/mol. The Bertz CT molecular complexity index is 424. The maximum atomic E-state index is 12.4. The van der Waals surface area contributed by atoms with Crippen molar-refractivity contribution in [3.63, 3.8) is 0 Å². The SMILES string of the molecule is CSCCCN1C(=O)C(CCc2ccccc2)NC1C. The van der Waals surface area contributed by atoms with Crippen LogP contribution in [-0.4, -0.2) is 41.6 Å². The molecule has 0 aromatic heterocycles. The second-order valence-corrected chi connectivity index (χ2v) is 6.28. The van der Waals surface area contributed by atoms with Crippen molar-refractivity contribution in [3.05, 3.63) is 35.9 Å². The predicted octanol–water partition coefficient (Wildman–Crippen LogP) is 2.52. The van der Waals surface area contributed by atoms with Crippen LogP contribution in [0.3, 0.4) is 0 Å². The fraction of sp³-hybridized carbons (Fsp3) is 0.562. The van der Waals surface area contributed by atoms with Gasteiger partial charge in [-0.2, -0.15) is 11.8 Å². The van der Waals surface area contributed by atoms with E-state index in [4.69, 9.17) is 0 Å². The van der Waals surface area contributed by atoms with Gasteiger partial charge in [0, 0.05) is 6.54 Å². The smallest absolute Gasteiger partial charge is 0.241 e. The molecular formula is C16H24N2OS. The minimum absolute atomic E-state index is 0.0144. The lowest BCUT2D eigenvalue weighted by Gasteiger charge is -2.20. The lowest BCUT2D eigenvalue weighted by molar-refractivity contribution is -0.129. The van der Waals surface area contributed by atoms with Gasteiger partial charge in [0.15, 0.2) is 0 Å². The van der Waals surface area contributed by atoms with Crippen LogP contribution in [0.2, 0.25) is 0 Å². The zero-order valence-corrected chi connectivity index (χ0v) is 13.2. The molecule has 1 N–H and O–H groups in total. The largest absolute Gasteiger partial charge is 0.326 e. The highest BCUT2D eigenvalue weighted by Crippen LogP contribution is 2.16. The van der Waals surface area contributed by atoms with Gasteiger partial charge in [0.25, 0.3) is 0 Å². The van der Waals surface area contributed by atoms with Crippen molar-refractivity contribution in [1.29, 1.82) is 0 Å². The van der Waals surface area contributed by atoms with Gasteiger partial charge >= 0.3 is 0 Å². The first-order chi connectivity index (χ1) is 9.72. The Kier molecular flexibility index (Phi) is 5.92. The van der Waals surface area contributed by atoms with Crippen LogP contribution in [-0.2, 0) is 11.2 Å². The molecular weight excluding hydrogens is 268 g/mol. The molecule has 0 spiro atoms. The topological polar surface area (TPSA) is 32.3 Å². The maximum Gasteiger partial charge on any atom is 0.241 e. The van der Waals surface area contributed by atoms with Gasteiger partial charge < -0.3 is 4.90 Å². The van der Waals surface area contributed by atoms with Crippen molar-refractivity contribution >= 4 is 17.7 Å². The molecule has 1 amide bonds. The summed E-state index contributed by atoms with van der Waals surface area (Å²) in [6.45, 7) is 2.95. The summed E-state index contributed by atoms with van der Waals surface area (Å²) in [6, 6.07) is 10.4. The van der Waals surface area contributed by atoms with Crippen LogP contribution in [0.1, 0.15) is 25.3 Å². The van der Waals surface area contributed by atoms with Crippen LogP contribution in [0.25, 0.3) is 0 Å². The van der Waals surface area contributed by atoms with E-state index in [1.54, 1.807) is 0 Å². The summed E-state index contributed by atoms with van der Waals surface area (Å²) in [6.07, 6.45) is 5.19. The lowest BCUT2D eigenvalue weighted by atomic mass is 10.1. The highest BCUT2D eigenvalue weighted by atomic mass is 32.2. The average Bonchev–Trinajstić information content (AvgIpc) is 2.74. The number of benzene rings is 1. The lowest BCUT2D eigenvalue weighted by Crippen LogP contribution is -2.35. The van der Waals surface area contributed by atoms with Gasteiger partial charge in [0.1, 0.15) is 0 Å². The van der Waals surface area contributed by atoms with Crippen molar-refractivity contribution in [1.82, 2.24) is 10.2 Å². The zero-order valence-electron chi connectivity index (χ0n) is 12.3. The molecule has 4 heteroatoms. The molecule has 0 saturated carbocycles.